The lowest BCUT2D eigenvalue weighted by Crippen LogP contribution is -2.33. The molecule has 2 aromatic heterocycles. The van der Waals surface area contributed by atoms with Crippen molar-refractivity contribution in [2.24, 2.45) is 0 Å². The number of rotatable bonds is 11. The van der Waals surface area contributed by atoms with Gasteiger partial charge in [-0.05, 0) is 37.6 Å². The molecular formula is C24H30N6O4. The maximum Gasteiger partial charge on any atom is 0.244 e. The maximum absolute atomic E-state index is 12.5. The number of nitrogen functional groups attached to an aromatic ring is 1. The van der Waals surface area contributed by atoms with Crippen molar-refractivity contribution in [1.82, 2.24) is 19.7 Å². The molecule has 0 aliphatic rings. The van der Waals surface area contributed by atoms with Crippen LogP contribution in [0.15, 0.2) is 48.9 Å². The first kappa shape index (κ1) is 24.6. The van der Waals surface area contributed by atoms with E-state index in [0.29, 0.717) is 24.6 Å². The number of amides is 2. The van der Waals surface area contributed by atoms with Crippen molar-refractivity contribution in [1.29, 1.82) is 0 Å². The lowest BCUT2D eigenvalue weighted by Gasteiger charge is -2.17. The summed E-state index contributed by atoms with van der Waals surface area (Å²) >= 11 is 0. The lowest BCUT2D eigenvalue weighted by molar-refractivity contribution is -0.131. The number of anilines is 2. The van der Waals surface area contributed by atoms with Crippen LogP contribution >= 0.6 is 0 Å². The van der Waals surface area contributed by atoms with Gasteiger partial charge in [0.05, 0.1) is 31.5 Å². The Bertz CT molecular complexity index is 1090. The maximum atomic E-state index is 12.5. The number of likely N-dealkylation sites (N-methyl/N-ethyl adjacent to an activating group) is 1. The topological polar surface area (TPSA) is 125 Å². The second-order valence-electron chi connectivity index (χ2n) is 7.89. The normalized spacial score (nSPS) is 10.6. The largest absolute Gasteiger partial charge is 0.492 e. The third kappa shape index (κ3) is 7.22. The summed E-state index contributed by atoms with van der Waals surface area (Å²) in [6.07, 6.45) is 4.83. The minimum atomic E-state index is -0.239. The number of ether oxygens (including phenoxy) is 2. The van der Waals surface area contributed by atoms with Crippen molar-refractivity contribution in [2.45, 2.75) is 26.8 Å². The van der Waals surface area contributed by atoms with Gasteiger partial charge in [0.2, 0.25) is 11.8 Å². The van der Waals surface area contributed by atoms with Crippen LogP contribution in [0.1, 0.15) is 17.5 Å². The molecule has 0 spiro atoms. The van der Waals surface area contributed by atoms with E-state index in [1.165, 1.54) is 10.9 Å². The summed E-state index contributed by atoms with van der Waals surface area (Å²) in [4.78, 5) is 30.2. The number of nitrogens with zero attached hydrogens (tertiary/aromatic N) is 4. The van der Waals surface area contributed by atoms with Crippen molar-refractivity contribution in [3.8, 4) is 11.5 Å². The number of hydrogen-bond acceptors (Lipinski definition) is 7. The molecule has 0 aliphatic heterocycles. The summed E-state index contributed by atoms with van der Waals surface area (Å²) < 4.78 is 12.7. The highest BCUT2D eigenvalue weighted by molar-refractivity contribution is 5.90. The number of aryl methyl sites for hydroxylation is 2. The monoisotopic (exact) mass is 466 g/mol. The van der Waals surface area contributed by atoms with Gasteiger partial charge < -0.3 is 25.4 Å². The molecule has 3 aromatic rings. The number of pyridine rings is 1. The SMILES string of the molecule is Cc1ccc(OCCN(C)C(=O)Cn2cc(NC(=O)CCOc3c(C)ccnc3N)cn2)cc1. The Balaban J connectivity index is 1.38. The van der Waals surface area contributed by atoms with Gasteiger partial charge in [-0.2, -0.15) is 5.10 Å². The third-order valence-electron chi connectivity index (χ3n) is 5.06. The summed E-state index contributed by atoms with van der Waals surface area (Å²) in [5.41, 5.74) is 8.31. The van der Waals surface area contributed by atoms with Crippen LogP contribution in [-0.4, -0.2) is 58.3 Å². The van der Waals surface area contributed by atoms with Crippen LogP contribution in [0.4, 0.5) is 11.5 Å². The first-order valence-corrected chi connectivity index (χ1v) is 10.9. The molecule has 1 aromatic carbocycles. The second-order valence-corrected chi connectivity index (χ2v) is 7.89. The Morgan fingerprint density at radius 3 is 2.62 bits per heavy atom. The van der Waals surface area contributed by atoms with Crippen LogP contribution in [0, 0.1) is 13.8 Å². The Labute approximate surface area is 198 Å². The van der Waals surface area contributed by atoms with Crippen LogP contribution in [-0.2, 0) is 16.1 Å². The molecule has 3 N–H and O–H groups in total. The molecule has 3 rings (SSSR count). The van der Waals surface area contributed by atoms with Crippen LogP contribution in [0.2, 0.25) is 0 Å². The molecule has 0 unspecified atom stereocenters. The molecule has 10 heteroatoms. The van der Waals surface area contributed by atoms with Crippen molar-refractivity contribution in [3.63, 3.8) is 0 Å². The summed E-state index contributed by atoms with van der Waals surface area (Å²) in [7, 11) is 1.71. The molecule has 10 nitrogen and oxygen atoms in total. The molecule has 2 heterocycles. The predicted molar refractivity (Wildman–Crippen MR) is 129 cm³/mol. The molecular weight excluding hydrogens is 436 g/mol. The van der Waals surface area contributed by atoms with E-state index in [9.17, 15) is 9.59 Å². The molecule has 34 heavy (non-hydrogen) atoms. The summed E-state index contributed by atoms with van der Waals surface area (Å²) in [5, 5.41) is 6.89. The molecule has 0 bridgehead atoms. The van der Waals surface area contributed by atoms with E-state index in [1.54, 1.807) is 30.4 Å². The van der Waals surface area contributed by atoms with E-state index in [0.717, 1.165) is 16.9 Å². The second kappa shape index (κ2) is 11.7. The molecule has 2 amide bonds. The molecule has 0 fully saturated rings. The summed E-state index contributed by atoms with van der Waals surface area (Å²) in [5.74, 6) is 1.18. The molecule has 0 atom stereocenters. The minimum Gasteiger partial charge on any atom is -0.492 e. The van der Waals surface area contributed by atoms with Gasteiger partial charge in [-0.3, -0.25) is 14.3 Å². The van der Waals surface area contributed by atoms with Gasteiger partial charge >= 0.3 is 0 Å². The summed E-state index contributed by atoms with van der Waals surface area (Å²) in [6, 6.07) is 9.54. The van der Waals surface area contributed by atoms with E-state index in [4.69, 9.17) is 15.2 Å². The zero-order valence-electron chi connectivity index (χ0n) is 19.7. The van der Waals surface area contributed by atoms with Gasteiger partial charge in [0, 0.05) is 19.4 Å². The van der Waals surface area contributed by atoms with Crippen molar-refractivity contribution < 1.29 is 19.1 Å². The van der Waals surface area contributed by atoms with Gasteiger partial charge in [0.1, 0.15) is 18.9 Å². The number of carbonyl (C=O) groups is 2. The van der Waals surface area contributed by atoms with Gasteiger partial charge in [-0.1, -0.05) is 17.7 Å². The Morgan fingerprint density at radius 2 is 1.88 bits per heavy atom. The first-order valence-electron chi connectivity index (χ1n) is 10.9. The fourth-order valence-corrected chi connectivity index (χ4v) is 3.06. The Hall–Kier alpha value is -4.08. The van der Waals surface area contributed by atoms with Crippen molar-refractivity contribution >= 4 is 23.3 Å². The van der Waals surface area contributed by atoms with Crippen molar-refractivity contribution in [2.75, 3.05) is 37.9 Å². The highest BCUT2D eigenvalue weighted by atomic mass is 16.5. The number of carbonyl (C=O) groups excluding carboxylic acids is 2. The van der Waals surface area contributed by atoms with Gasteiger partial charge in [-0.15, -0.1) is 0 Å². The predicted octanol–water partition coefficient (Wildman–Crippen LogP) is 2.42. The number of hydrogen-bond donors (Lipinski definition) is 2. The van der Waals surface area contributed by atoms with Gasteiger partial charge in [0.15, 0.2) is 11.6 Å². The van der Waals surface area contributed by atoms with Crippen molar-refractivity contribution in [3.05, 3.63) is 60.0 Å². The van der Waals surface area contributed by atoms with E-state index < -0.39 is 0 Å². The first-order chi connectivity index (χ1) is 16.3. The van der Waals surface area contributed by atoms with E-state index in [-0.39, 0.29) is 37.2 Å². The smallest absolute Gasteiger partial charge is 0.244 e. The molecule has 0 saturated heterocycles. The van der Waals surface area contributed by atoms with Crippen LogP contribution in [0.5, 0.6) is 11.5 Å². The molecule has 180 valence electrons. The molecule has 0 saturated carbocycles. The highest BCUT2D eigenvalue weighted by Crippen LogP contribution is 2.23. The van der Waals surface area contributed by atoms with Gasteiger partial charge in [-0.25, -0.2) is 4.98 Å². The highest BCUT2D eigenvalue weighted by Gasteiger charge is 2.12. The van der Waals surface area contributed by atoms with E-state index in [2.05, 4.69) is 15.4 Å². The Morgan fingerprint density at radius 1 is 1.12 bits per heavy atom. The third-order valence-corrected chi connectivity index (χ3v) is 5.06. The zero-order valence-corrected chi connectivity index (χ0v) is 19.7. The molecule has 0 aliphatic carbocycles. The van der Waals surface area contributed by atoms with Gasteiger partial charge in [0.25, 0.3) is 0 Å². The number of aromatic nitrogens is 3. The fraction of sp³-hybridized carbons (Fsp3) is 0.333. The Kier molecular flexibility index (Phi) is 8.44. The molecule has 0 radical (unpaired) electrons. The minimum absolute atomic E-state index is 0.0551. The quantitative estimate of drug-likeness (QED) is 0.445. The zero-order chi connectivity index (χ0) is 24.5. The number of benzene rings is 1. The average Bonchev–Trinajstić information content (AvgIpc) is 3.23. The van der Waals surface area contributed by atoms with E-state index >= 15 is 0 Å². The van der Waals surface area contributed by atoms with E-state index in [1.807, 2.05) is 38.1 Å². The van der Waals surface area contributed by atoms with Crippen LogP contribution in [0.25, 0.3) is 0 Å². The average molecular weight is 467 g/mol. The van der Waals surface area contributed by atoms with Crippen LogP contribution in [0.3, 0.4) is 0 Å². The van der Waals surface area contributed by atoms with Crippen LogP contribution < -0.4 is 20.5 Å². The fourth-order valence-electron chi connectivity index (χ4n) is 3.06. The summed E-state index contributed by atoms with van der Waals surface area (Å²) in [6.45, 7) is 4.91. The number of nitrogens with one attached hydrogen (secondary N) is 1. The standard InChI is InChI=1S/C24H30N6O4/c1-17-4-6-20(7-5-17)33-13-11-29(3)22(32)16-30-15-19(14-27-30)28-21(31)9-12-34-23-18(2)8-10-26-24(23)25/h4-8,10,14-15H,9,11-13,16H2,1-3H3,(H2,25,26)(H,28,31). The number of nitrogens with two attached hydrogens (primary N) is 1. The lowest BCUT2D eigenvalue weighted by atomic mass is 10.2.